The van der Waals surface area contributed by atoms with E-state index in [1.807, 2.05) is 31.2 Å². The second-order valence-electron chi connectivity index (χ2n) is 4.92. The van der Waals surface area contributed by atoms with Crippen molar-refractivity contribution in [1.29, 1.82) is 0 Å². The SMILES string of the molecule is C[C@H](NC(=O)CNCC1CC1)c1cccc(Cl)c1. The number of carbonyl (C=O) groups is 1. The van der Waals surface area contributed by atoms with E-state index in [4.69, 9.17) is 11.6 Å². The Morgan fingerprint density at radius 3 is 2.94 bits per heavy atom. The summed E-state index contributed by atoms with van der Waals surface area (Å²) in [5, 5.41) is 6.83. The Morgan fingerprint density at radius 1 is 1.50 bits per heavy atom. The molecule has 0 heterocycles. The maximum atomic E-state index is 11.7. The minimum Gasteiger partial charge on any atom is -0.348 e. The van der Waals surface area contributed by atoms with Crippen molar-refractivity contribution >= 4 is 17.5 Å². The summed E-state index contributed by atoms with van der Waals surface area (Å²) in [5.41, 5.74) is 1.03. The minimum absolute atomic E-state index is 0.0149. The normalized spacial score (nSPS) is 16.3. The number of rotatable bonds is 6. The van der Waals surface area contributed by atoms with Crippen LogP contribution < -0.4 is 10.6 Å². The molecule has 2 N–H and O–H groups in total. The summed E-state index contributed by atoms with van der Waals surface area (Å²) in [6.07, 6.45) is 2.60. The van der Waals surface area contributed by atoms with E-state index in [0.29, 0.717) is 11.6 Å². The second kappa shape index (κ2) is 6.21. The van der Waals surface area contributed by atoms with Crippen LogP contribution in [0.5, 0.6) is 0 Å². The Balaban J connectivity index is 1.75. The number of carbonyl (C=O) groups excluding carboxylic acids is 1. The van der Waals surface area contributed by atoms with Crippen LogP contribution in [0.1, 0.15) is 31.4 Å². The van der Waals surface area contributed by atoms with Crippen LogP contribution in [-0.4, -0.2) is 19.0 Å². The Bertz CT molecular complexity index is 418. The fraction of sp³-hybridized carbons (Fsp3) is 0.500. The molecular formula is C14H19ClN2O. The van der Waals surface area contributed by atoms with Crippen molar-refractivity contribution in [3.05, 3.63) is 34.9 Å². The van der Waals surface area contributed by atoms with Crippen LogP contribution in [-0.2, 0) is 4.79 Å². The van der Waals surface area contributed by atoms with Crippen LogP contribution in [0.25, 0.3) is 0 Å². The van der Waals surface area contributed by atoms with Gasteiger partial charge in [0.15, 0.2) is 0 Å². The number of halogens is 1. The lowest BCUT2D eigenvalue weighted by Crippen LogP contribution is -2.36. The summed E-state index contributed by atoms with van der Waals surface area (Å²) in [7, 11) is 0. The quantitative estimate of drug-likeness (QED) is 0.831. The van der Waals surface area contributed by atoms with Crippen molar-refractivity contribution in [1.82, 2.24) is 10.6 Å². The number of hydrogen-bond acceptors (Lipinski definition) is 2. The van der Waals surface area contributed by atoms with Gasteiger partial charge in [-0.3, -0.25) is 4.79 Å². The maximum Gasteiger partial charge on any atom is 0.234 e. The topological polar surface area (TPSA) is 41.1 Å². The Morgan fingerprint density at radius 2 is 2.28 bits per heavy atom. The summed E-state index contributed by atoms with van der Waals surface area (Å²) >= 11 is 5.93. The monoisotopic (exact) mass is 266 g/mol. The summed E-state index contributed by atoms with van der Waals surface area (Å²) in [4.78, 5) is 11.7. The van der Waals surface area contributed by atoms with Gasteiger partial charge in [0.25, 0.3) is 0 Å². The molecule has 2 rings (SSSR count). The number of nitrogens with one attached hydrogen (secondary N) is 2. The smallest absolute Gasteiger partial charge is 0.234 e. The van der Waals surface area contributed by atoms with Crippen LogP contribution in [0, 0.1) is 5.92 Å². The molecule has 1 atom stereocenters. The first-order chi connectivity index (χ1) is 8.65. The lowest BCUT2D eigenvalue weighted by atomic mass is 10.1. The molecule has 0 bridgehead atoms. The average molecular weight is 267 g/mol. The highest BCUT2D eigenvalue weighted by molar-refractivity contribution is 6.30. The summed E-state index contributed by atoms with van der Waals surface area (Å²) in [6, 6.07) is 7.56. The van der Waals surface area contributed by atoms with Crippen LogP contribution in [0.15, 0.2) is 24.3 Å². The lowest BCUT2D eigenvalue weighted by molar-refractivity contribution is -0.120. The van der Waals surface area contributed by atoms with Gasteiger partial charge in [-0.1, -0.05) is 23.7 Å². The van der Waals surface area contributed by atoms with Gasteiger partial charge in [0.05, 0.1) is 12.6 Å². The van der Waals surface area contributed by atoms with E-state index in [2.05, 4.69) is 10.6 Å². The van der Waals surface area contributed by atoms with Gasteiger partial charge in [0.2, 0.25) is 5.91 Å². The van der Waals surface area contributed by atoms with Gasteiger partial charge in [-0.2, -0.15) is 0 Å². The van der Waals surface area contributed by atoms with Crippen molar-refractivity contribution < 1.29 is 4.79 Å². The standard InChI is InChI=1S/C14H19ClN2O/c1-10(12-3-2-4-13(15)7-12)17-14(18)9-16-8-11-5-6-11/h2-4,7,10-11,16H,5-6,8-9H2,1H3,(H,17,18)/t10-/m0/s1. The highest BCUT2D eigenvalue weighted by atomic mass is 35.5. The lowest BCUT2D eigenvalue weighted by Gasteiger charge is -2.15. The summed E-state index contributed by atoms with van der Waals surface area (Å²) in [6.45, 7) is 3.31. The molecule has 4 heteroatoms. The highest BCUT2D eigenvalue weighted by Crippen LogP contribution is 2.27. The molecule has 0 saturated heterocycles. The van der Waals surface area contributed by atoms with E-state index in [0.717, 1.165) is 18.0 Å². The predicted molar refractivity (Wildman–Crippen MR) is 73.6 cm³/mol. The number of benzene rings is 1. The molecule has 1 aliphatic rings. The van der Waals surface area contributed by atoms with Crippen LogP contribution in [0.3, 0.4) is 0 Å². The van der Waals surface area contributed by atoms with E-state index < -0.39 is 0 Å². The minimum atomic E-state index is -0.0149. The molecule has 0 aliphatic heterocycles. The van der Waals surface area contributed by atoms with E-state index in [1.54, 1.807) is 0 Å². The van der Waals surface area contributed by atoms with Gasteiger partial charge < -0.3 is 10.6 Å². The Labute approximate surface area is 113 Å². The van der Waals surface area contributed by atoms with Gasteiger partial charge in [-0.25, -0.2) is 0 Å². The van der Waals surface area contributed by atoms with Crippen LogP contribution in [0.4, 0.5) is 0 Å². The van der Waals surface area contributed by atoms with E-state index in [9.17, 15) is 4.79 Å². The van der Waals surface area contributed by atoms with Crippen molar-refractivity contribution in [3.63, 3.8) is 0 Å². The zero-order valence-corrected chi connectivity index (χ0v) is 11.3. The van der Waals surface area contributed by atoms with Gasteiger partial charge in [0.1, 0.15) is 0 Å². The molecule has 1 aromatic carbocycles. The van der Waals surface area contributed by atoms with E-state index in [-0.39, 0.29) is 11.9 Å². The van der Waals surface area contributed by atoms with E-state index >= 15 is 0 Å². The third-order valence-electron chi connectivity index (χ3n) is 3.14. The molecule has 0 unspecified atom stereocenters. The molecule has 0 radical (unpaired) electrons. The Kier molecular flexibility index (Phi) is 4.61. The van der Waals surface area contributed by atoms with Gasteiger partial charge >= 0.3 is 0 Å². The highest BCUT2D eigenvalue weighted by Gasteiger charge is 2.20. The fourth-order valence-corrected chi connectivity index (χ4v) is 2.06. The maximum absolute atomic E-state index is 11.7. The Hall–Kier alpha value is -1.06. The second-order valence-corrected chi connectivity index (χ2v) is 5.35. The number of amides is 1. The van der Waals surface area contributed by atoms with Crippen molar-refractivity contribution in [2.45, 2.75) is 25.8 Å². The molecule has 0 aromatic heterocycles. The molecule has 18 heavy (non-hydrogen) atoms. The largest absolute Gasteiger partial charge is 0.348 e. The van der Waals surface area contributed by atoms with Crippen molar-refractivity contribution in [2.24, 2.45) is 5.92 Å². The zero-order chi connectivity index (χ0) is 13.0. The molecule has 1 fully saturated rings. The first kappa shape index (κ1) is 13.4. The van der Waals surface area contributed by atoms with E-state index in [1.165, 1.54) is 12.8 Å². The number of hydrogen-bond donors (Lipinski definition) is 2. The summed E-state index contributed by atoms with van der Waals surface area (Å²) in [5.74, 6) is 0.825. The van der Waals surface area contributed by atoms with Gasteiger partial charge in [-0.05, 0) is 49.9 Å². The first-order valence-electron chi connectivity index (χ1n) is 6.40. The first-order valence-corrected chi connectivity index (χ1v) is 6.78. The predicted octanol–water partition coefficient (Wildman–Crippen LogP) is 2.52. The molecule has 0 spiro atoms. The van der Waals surface area contributed by atoms with Gasteiger partial charge in [-0.15, -0.1) is 0 Å². The molecule has 1 amide bonds. The molecule has 1 saturated carbocycles. The third-order valence-corrected chi connectivity index (χ3v) is 3.38. The molecule has 1 aromatic rings. The van der Waals surface area contributed by atoms with Crippen LogP contribution in [0.2, 0.25) is 5.02 Å². The van der Waals surface area contributed by atoms with Crippen molar-refractivity contribution in [3.8, 4) is 0 Å². The van der Waals surface area contributed by atoms with Crippen molar-refractivity contribution in [2.75, 3.05) is 13.1 Å². The summed E-state index contributed by atoms with van der Waals surface area (Å²) < 4.78 is 0. The zero-order valence-electron chi connectivity index (χ0n) is 10.6. The fourth-order valence-electron chi connectivity index (χ4n) is 1.86. The van der Waals surface area contributed by atoms with Crippen LogP contribution >= 0.6 is 11.6 Å². The molecule has 1 aliphatic carbocycles. The molecule has 98 valence electrons. The molecular weight excluding hydrogens is 248 g/mol. The third kappa shape index (κ3) is 4.31. The average Bonchev–Trinajstić information content (AvgIpc) is 3.13. The van der Waals surface area contributed by atoms with Gasteiger partial charge in [0, 0.05) is 5.02 Å². The molecule has 3 nitrogen and oxygen atoms in total.